The van der Waals surface area contributed by atoms with Crippen LogP contribution in [0.2, 0.25) is 0 Å². The quantitative estimate of drug-likeness (QED) is 0.760. The number of carbonyl (C=O) groups is 1. The second-order valence-corrected chi connectivity index (χ2v) is 6.43. The van der Waals surface area contributed by atoms with E-state index in [4.69, 9.17) is 0 Å². The highest BCUT2D eigenvalue weighted by Gasteiger charge is 2.22. The van der Waals surface area contributed by atoms with E-state index in [1.807, 2.05) is 42.5 Å². The van der Waals surface area contributed by atoms with E-state index in [-0.39, 0.29) is 11.9 Å². The molecule has 1 unspecified atom stereocenters. The zero-order valence-electron chi connectivity index (χ0n) is 14.4. The normalized spacial score (nSPS) is 17.0. The first-order valence-electron chi connectivity index (χ1n) is 8.88. The van der Waals surface area contributed by atoms with Crippen LogP contribution in [0.15, 0.2) is 61.1 Å². The number of rotatable bonds is 4. The van der Waals surface area contributed by atoms with E-state index in [2.05, 4.69) is 20.7 Å². The van der Waals surface area contributed by atoms with Gasteiger partial charge in [0.05, 0.1) is 11.3 Å². The molecule has 6 heteroatoms. The van der Waals surface area contributed by atoms with Crippen LogP contribution in [0.1, 0.15) is 23.2 Å². The summed E-state index contributed by atoms with van der Waals surface area (Å²) in [6.07, 6.45) is 7.31. The molecule has 1 amide bonds. The number of hydrogen-bond acceptors (Lipinski definition) is 4. The van der Waals surface area contributed by atoms with Gasteiger partial charge in [-0.25, -0.2) is 4.68 Å². The summed E-state index contributed by atoms with van der Waals surface area (Å²) in [6, 6.07) is 13.7. The molecule has 0 spiro atoms. The molecule has 26 heavy (non-hydrogen) atoms. The van der Waals surface area contributed by atoms with Gasteiger partial charge >= 0.3 is 0 Å². The molecule has 1 atom stereocenters. The molecule has 2 N–H and O–H groups in total. The number of hydrogen-bond donors (Lipinski definition) is 2. The molecule has 3 heterocycles. The fourth-order valence-electron chi connectivity index (χ4n) is 3.21. The fourth-order valence-corrected chi connectivity index (χ4v) is 3.21. The van der Waals surface area contributed by atoms with Gasteiger partial charge < -0.3 is 10.6 Å². The number of nitrogens with zero attached hydrogens (tertiary/aromatic N) is 3. The molecule has 132 valence electrons. The predicted octanol–water partition coefficient (Wildman–Crippen LogP) is 2.42. The molecule has 2 aromatic heterocycles. The average Bonchev–Trinajstić information content (AvgIpc) is 3.16. The number of amides is 1. The van der Waals surface area contributed by atoms with Crippen molar-refractivity contribution in [2.45, 2.75) is 18.9 Å². The Morgan fingerprint density at radius 2 is 2.08 bits per heavy atom. The zero-order valence-corrected chi connectivity index (χ0v) is 14.4. The van der Waals surface area contributed by atoms with Crippen LogP contribution in [0, 0.1) is 0 Å². The first kappa shape index (κ1) is 16.5. The Bertz CT molecular complexity index is 870. The minimum absolute atomic E-state index is 0.0975. The Balaban J connectivity index is 1.69. The maximum absolute atomic E-state index is 12.9. The molecule has 1 saturated heterocycles. The van der Waals surface area contributed by atoms with Crippen LogP contribution in [-0.2, 0) is 0 Å². The predicted molar refractivity (Wildman–Crippen MR) is 100 cm³/mol. The van der Waals surface area contributed by atoms with E-state index in [9.17, 15) is 4.79 Å². The molecule has 3 aromatic rings. The first-order chi connectivity index (χ1) is 12.8. The van der Waals surface area contributed by atoms with Crippen molar-refractivity contribution < 1.29 is 4.79 Å². The van der Waals surface area contributed by atoms with Crippen LogP contribution in [0.5, 0.6) is 0 Å². The summed E-state index contributed by atoms with van der Waals surface area (Å²) in [6.45, 7) is 1.82. The van der Waals surface area contributed by atoms with Gasteiger partial charge in [0.15, 0.2) is 0 Å². The lowest BCUT2D eigenvalue weighted by atomic mass is 10.1. The topological polar surface area (TPSA) is 71.8 Å². The van der Waals surface area contributed by atoms with Gasteiger partial charge in [0.2, 0.25) is 0 Å². The second kappa shape index (κ2) is 7.49. The van der Waals surface area contributed by atoms with Crippen molar-refractivity contribution >= 4 is 5.91 Å². The Morgan fingerprint density at radius 3 is 2.81 bits per heavy atom. The summed E-state index contributed by atoms with van der Waals surface area (Å²) in [5.74, 6) is -0.0975. The number of para-hydroxylation sites is 1. The van der Waals surface area contributed by atoms with Crippen molar-refractivity contribution in [2.24, 2.45) is 0 Å². The standard InChI is InChI=1S/C20H21N5O/c26-20(23-16-7-5-11-22-13-16)18-14-25(17-8-2-1-3-9-17)24-19(18)15-6-4-10-21-12-15/h1-4,6,8-10,12,14,16,22H,5,7,11,13H2,(H,23,26). The maximum Gasteiger partial charge on any atom is 0.255 e. The van der Waals surface area contributed by atoms with E-state index in [0.717, 1.165) is 37.2 Å². The van der Waals surface area contributed by atoms with E-state index in [0.29, 0.717) is 11.3 Å². The third kappa shape index (κ3) is 3.50. The van der Waals surface area contributed by atoms with Gasteiger partial charge in [-0.1, -0.05) is 18.2 Å². The molecular formula is C20H21N5O. The Hall–Kier alpha value is -2.99. The number of piperidine rings is 1. The average molecular weight is 347 g/mol. The lowest BCUT2D eigenvalue weighted by molar-refractivity contribution is 0.0931. The molecule has 1 fully saturated rings. The van der Waals surface area contributed by atoms with Crippen LogP contribution in [0.3, 0.4) is 0 Å². The minimum atomic E-state index is -0.0975. The molecular weight excluding hydrogens is 326 g/mol. The maximum atomic E-state index is 12.9. The van der Waals surface area contributed by atoms with Crippen molar-refractivity contribution in [3.8, 4) is 16.9 Å². The van der Waals surface area contributed by atoms with Gasteiger partial charge in [-0.2, -0.15) is 5.10 Å². The van der Waals surface area contributed by atoms with E-state index in [1.165, 1.54) is 0 Å². The van der Waals surface area contributed by atoms with Crippen LogP contribution < -0.4 is 10.6 Å². The van der Waals surface area contributed by atoms with Crippen LogP contribution in [0.4, 0.5) is 0 Å². The monoisotopic (exact) mass is 347 g/mol. The first-order valence-corrected chi connectivity index (χ1v) is 8.88. The smallest absolute Gasteiger partial charge is 0.255 e. The summed E-state index contributed by atoms with van der Waals surface area (Å²) < 4.78 is 1.75. The van der Waals surface area contributed by atoms with Crippen molar-refractivity contribution in [3.63, 3.8) is 0 Å². The van der Waals surface area contributed by atoms with Gasteiger partial charge in [0.1, 0.15) is 5.69 Å². The third-order valence-electron chi connectivity index (χ3n) is 4.55. The SMILES string of the molecule is O=C(NC1CCCNC1)c1cn(-c2ccccc2)nc1-c1cccnc1. The van der Waals surface area contributed by atoms with E-state index in [1.54, 1.807) is 23.3 Å². The van der Waals surface area contributed by atoms with Gasteiger partial charge in [-0.05, 0) is 43.7 Å². The molecule has 1 aliphatic heterocycles. The summed E-state index contributed by atoms with van der Waals surface area (Å²) in [5, 5.41) is 11.1. The Kier molecular flexibility index (Phi) is 4.75. The number of nitrogens with one attached hydrogen (secondary N) is 2. The molecule has 0 bridgehead atoms. The molecule has 6 nitrogen and oxygen atoms in total. The van der Waals surface area contributed by atoms with Crippen molar-refractivity contribution in [2.75, 3.05) is 13.1 Å². The van der Waals surface area contributed by atoms with Crippen LogP contribution in [0.25, 0.3) is 16.9 Å². The Labute approximate surface area is 152 Å². The fraction of sp³-hybridized carbons (Fsp3) is 0.250. The van der Waals surface area contributed by atoms with Crippen LogP contribution >= 0.6 is 0 Å². The Morgan fingerprint density at radius 1 is 1.19 bits per heavy atom. The highest BCUT2D eigenvalue weighted by Crippen LogP contribution is 2.23. The number of pyridine rings is 1. The summed E-state index contributed by atoms with van der Waals surface area (Å²) >= 11 is 0. The third-order valence-corrected chi connectivity index (χ3v) is 4.55. The second-order valence-electron chi connectivity index (χ2n) is 6.43. The molecule has 0 saturated carbocycles. The lowest BCUT2D eigenvalue weighted by Crippen LogP contribution is -2.45. The minimum Gasteiger partial charge on any atom is -0.348 e. The molecule has 1 aliphatic rings. The summed E-state index contributed by atoms with van der Waals surface area (Å²) in [5.41, 5.74) is 2.95. The van der Waals surface area contributed by atoms with Gasteiger partial charge in [-0.3, -0.25) is 9.78 Å². The summed E-state index contributed by atoms with van der Waals surface area (Å²) in [4.78, 5) is 17.1. The number of aromatic nitrogens is 3. The largest absolute Gasteiger partial charge is 0.348 e. The molecule has 0 aliphatic carbocycles. The highest BCUT2D eigenvalue weighted by atomic mass is 16.1. The summed E-state index contributed by atoms with van der Waals surface area (Å²) in [7, 11) is 0. The number of carbonyl (C=O) groups excluding carboxylic acids is 1. The van der Waals surface area contributed by atoms with Crippen molar-refractivity contribution in [1.82, 2.24) is 25.4 Å². The van der Waals surface area contributed by atoms with Gasteiger partial charge in [0.25, 0.3) is 5.91 Å². The zero-order chi connectivity index (χ0) is 17.8. The molecule has 1 aromatic carbocycles. The lowest BCUT2D eigenvalue weighted by Gasteiger charge is -2.23. The number of benzene rings is 1. The van der Waals surface area contributed by atoms with Crippen LogP contribution in [-0.4, -0.2) is 39.8 Å². The van der Waals surface area contributed by atoms with E-state index < -0.39 is 0 Å². The molecule has 0 radical (unpaired) electrons. The van der Waals surface area contributed by atoms with Crippen molar-refractivity contribution in [3.05, 3.63) is 66.6 Å². The van der Waals surface area contributed by atoms with Crippen molar-refractivity contribution in [1.29, 1.82) is 0 Å². The molecule has 4 rings (SSSR count). The van der Waals surface area contributed by atoms with Gasteiger partial charge in [0, 0.05) is 36.7 Å². The highest BCUT2D eigenvalue weighted by molar-refractivity contribution is 6.00. The van der Waals surface area contributed by atoms with E-state index >= 15 is 0 Å². The van der Waals surface area contributed by atoms with Gasteiger partial charge in [-0.15, -0.1) is 0 Å².